The average Bonchev–Trinajstić information content (AvgIpc) is 2.41. The Morgan fingerprint density at radius 3 is 2.15 bits per heavy atom. The number of rotatable bonds is 0. The molecule has 1 saturated heterocycles. The highest BCUT2D eigenvalue weighted by molar-refractivity contribution is 5.72. The SMILES string of the molecule is O=C1CCC2(CCC(F)(F)CC2)O1. The van der Waals surface area contributed by atoms with Gasteiger partial charge in [0.1, 0.15) is 5.60 Å². The van der Waals surface area contributed by atoms with Gasteiger partial charge in [0.25, 0.3) is 0 Å². The van der Waals surface area contributed by atoms with Gasteiger partial charge in [-0.3, -0.25) is 4.79 Å². The molecule has 2 aliphatic rings. The van der Waals surface area contributed by atoms with E-state index in [1.54, 1.807) is 0 Å². The van der Waals surface area contributed by atoms with Gasteiger partial charge < -0.3 is 4.74 Å². The third-order valence-electron chi connectivity index (χ3n) is 3.01. The number of hydrogen-bond acceptors (Lipinski definition) is 2. The number of esters is 1. The van der Waals surface area contributed by atoms with Crippen LogP contribution in [0.5, 0.6) is 0 Å². The topological polar surface area (TPSA) is 26.3 Å². The smallest absolute Gasteiger partial charge is 0.306 e. The Kier molecular flexibility index (Phi) is 1.82. The molecule has 4 heteroatoms. The zero-order valence-electron chi connectivity index (χ0n) is 7.32. The lowest BCUT2D eigenvalue weighted by atomic mass is 9.81. The summed E-state index contributed by atoms with van der Waals surface area (Å²) in [6.07, 6.45) is 1.39. The molecule has 0 aromatic carbocycles. The molecule has 0 aromatic heterocycles. The quantitative estimate of drug-likeness (QED) is 0.548. The fourth-order valence-corrected chi connectivity index (χ4v) is 2.10. The number of ether oxygens (including phenoxy) is 1. The molecular weight excluding hydrogens is 178 g/mol. The third kappa shape index (κ3) is 1.67. The molecule has 2 fully saturated rings. The summed E-state index contributed by atoms with van der Waals surface area (Å²) in [5, 5.41) is 0. The highest BCUT2D eigenvalue weighted by atomic mass is 19.3. The molecular formula is C9H12F2O2. The van der Waals surface area contributed by atoms with Gasteiger partial charge in [-0.15, -0.1) is 0 Å². The van der Waals surface area contributed by atoms with Crippen molar-refractivity contribution in [2.45, 2.75) is 50.0 Å². The summed E-state index contributed by atoms with van der Waals surface area (Å²) >= 11 is 0. The molecule has 1 aliphatic heterocycles. The Morgan fingerprint density at radius 1 is 1.08 bits per heavy atom. The van der Waals surface area contributed by atoms with Gasteiger partial charge in [-0.05, 0) is 19.3 Å². The molecule has 1 aliphatic carbocycles. The molecule has 2 nitrogen and oxygen atoms in total. The Balaban J connectivity index is 2.01. The number of carbonyl (C=O) groups is 1. The molecule has 74 valence electrons. The van der Waals surface area contributed by atoms with E-state index in [1.807, 2.05) is 0 Å². The van der Waals surface area contributed by atoms with Crippen molar-refractivity contribution in [2.24, 2.45) is 0 Å². The largest absolute Gasteiger partial charge is 0.459 e. The van der Waals surface area contributed by atoms with E-state index in [0.29, 0.717) is 25.7 Å². The maximum Gasteiger partial charge on any atom is 0.306 e. The Morgan fingerprint density at radius 2 is 1.69 bits per heavy atom. The number of halogens is 2. The number of hydrogen-bond donors (Lipinski definition) is 0. The summed E-state index contributed by atoms with van der Waals surface area (Å²) in [6, 6.07) is 0. The summed E-state index contributed by atoms with van der Waals surface area (Å²) in [7, 11) is 0. The predicted molar refractivity (Wildman–Crippen MR) is 41.5 cm³/mol. The van der Waals surface area contributed by atoms with Crippen LogP contribution in [0.1, 0.15) is 38.5 Å². The van der Waals surface area contributed by atoms with E-state index >= 15 is 0 Å². The summed E-state index contributed by atoms with van der Waals surface area (Å²) in [5.74, 6) is -2.77. The van der Waals surface area contributed by atoms with E-state index in [9.17, 15) is 13.6 Å². The van der Waals surface area contributed by atoms with Gasteiger partial charge in [-0.1, -0.05) is 0 Å². The van der Waals surface area contributed by atoms with E-state index < -0.39 is 11.5 Å². The van der Waals surface area contributed by atoms with Crippen molar-refractivity contribution in [1.29, 1.82) is 0 Å². The van der Waals surface area contributed by atoms with Crippen LogP contribution in [0.25, 0.3) is 0 Å². The molecule has 1 heterocycles. The van der Waals surface area contributed by atoms with Crippen molar-refractivity contribution in [1.82, 2.24) is 0 Å². The second kappa shape index (κ2) is 2.66. The molecule has 0 atom stereocenters. The Bertz CT molecular complexity index is 228. The summed E-state index contributed by atoms with van der Waals surface area (Å²) in [6.45, 7) is 0. The lowest BCUT2D eigenvalue weighted by molar-refractivity contribution is -0.158. The van der Waals surface area contributed by atoms with E-state index in [2.05, 4.69) is 0 Å². The third-order valence-corrected chi connectivity index (χ3v) is 3.01. The van der Waals surface area contributed by atoms with Crippen molar-refractivity contribution in [3.8, 4) is 0 Å². The first kappa shape index (κ1) is 8.91. The van der Waals surface area contributed by atoms with Crippen molar-refractivity contribution >= 4 is 5.97 Å². The van der Waals surface area contributed by atoms with Crippen molar-refractivity contribution in [3.05, 3.63) is 0 Å². The number of carbonyl (C=O) groups excluding carboxylic acids is 1. The maximum atomic E-state index is 12.8. The minimum Gasteiger partial charge on any atom is -0.459 e. The summed E-state index contributed by atoms with van der Waals surface area (Å²) < 4.78 is 30.7. The lowest BCUT2D eigenvalue weighted by Crippen LogP contribution is -2.38. The van der Waals surface area contributed by atoms with Gasteiger partial charge in [0.2, 0.25) is 5.92 Å². The van der Waals surface area contributed by atoms with Crippen molar-refractivity contribution in [2.75, 3.05) is 0 Å². The monoisotopic (exact) mass is 190 g/mol. The first-order valence-corrected chi connectivity index (χ1v) is 4.61. The fraction of sp³-hybridized carbons (Fsp3) is 0.889. The standard InChI is InChI=1S/C9H12F2O2/c10-9(11)5-3-8(4-6-9)2-1-7(12)13-8/h1-6H2. The second-order valence-electron chi connectivity index (χ2n) is 4.01. The van der Waals surface area contributed by atoms with E-state index in [1.165, 1.54) is 0 Å². The van der Waals surface area contributed by atoms with Gasteiger partial charge in [0.05, 0.1) is 0 Å². The summed E-state index contributed by atoms with van der Waals surface area (Å²) in [5.41, 5.74) is -0.529. The van der Waals surface area contributed by atoms with Crippen LogP contribution in [0.3, 0.4) is 0 Å². The van der Waals surface area contributed by atoms with Gasteiger partial charge in [-0.2, -0.15) is 0 Å². The first-order chi connectivity index (χ1) is 6.02. The normalized spacial score (nSPS) is 30.5. The van der Waals surface area contributed by atoms with Crippen LogP contribution in [0.4, 0.5) is 8.78 Å². The molecule has 1 spiro atoms. The number of alkyl halides is 2. The highest BCUT2D eigenvalue weighted by Crippen LogP contribution is 2.45. The van der Waals surface area contributed by atoms with E-state index in [0.717, 1.165) is 0 Å². The lowest BCUT2D eigenvalue weighted by Gasteiger charge is -2.35. The zero-order valence-corrected chi connectivity index (χ0v) is 7.32. The average molecular weight is 190 g/mol. The molecule has 2 rings (SSSR count). The fourth-order valence-electron chi connectivity index (χ4n) is 2.10. The van der Waals surface area contributed by atoms with E-state index in [4.69, 9.17) is 4.74 Å². The molecule has 0 aromatic rings. The Hall–Kier alpha value is -0.670. The molecule has 0 bridgehead atoms. The van der Waals surface area contributed by atoms with Crippen molar-refractivity contribution < 1.29 is 18.3 Å². The minimum atomic E-state index is -2.54. The van der Waals surface area contributed by atoms with Crippen molar-refractivity contribution in [3.63, 3.8) is 0 Å². The van der Waals surface area contributed by atoms with Crippen LogP contribution in [0.15, 0.2) is 0 Å². The molecule has 13 heavy (non-hydrogen) atoms. The second-order valence-corrected chi connectivity index (χ2v) is 4.01. The molecule has 0 radical (unpaired) electrons. The minimum absolute atomic E-state index is 0.139. The van der Waals surface area contributed by atoms with Gasteiger partial charge >= 0.3 is 5.97 Å². The molecule has 0 unspecified atom stereocenters. The molecule has 0 amide bonds. The highest BCUT2D eigenvalue weighted by Gasteiger charge is 2.48. The van der Waals surface area contributed by atoms with Crippen LogP contribution in [-0.2, 0) is 9.53 Å². The zero-order chi connectivity index (χ0) is 9.53. The van der Waals surface area contributed by atoms with Crippen LogP contribution in [-0.4, -0.2) is 17.5 Å². The van der Waals surface area contributed by atoms with Crippen LogP contribution >= 0.6 is 0 Å². The van der Waals surface area contributed by atoms with E-state index in [-0.39, 0.29) is 18.8 Å². The van der Waals surface area contributed by atoms with Gasteiger partial charge in [0.15, 0.2) is 0 Å². The molecule has 1 saturated carbocycles. The van der Waals surface area contributed by atoms with Gasteiger partial charge in [0, 0.05) is 19.3 Å². The maximum absolute atomic E-state index is 12.8. The van der Waals surface area contributed by atoms with Crippen LogP contribution < -0.4 is 0 Å². The molecule has 0 N–H and O–H groups in total. The van der Waals surface area contributed by atoms with Gasteiger partial charge in [-0.25, -0.2) is 8.78 Å². The summed E-state index contributed by atoms with van der Waals surface area (Å²) in [4.78, 5) is 10.9. The predicted octanol–water partition coefficient (Wildman–Crippen LogP) is 2.27. The Labute approximate surface area is 75.3 Å². The first-order valence-electron chi connectivity index (χ1n) is 4.61. The van der Waals surface area contributed by atoms with Crippen LogP contribution in [0.2, 0.25) is 0 Å². The van der Waals surface area contributed by atoms with Crippen LogP contribution in [0, 0.1) is 0 Å².